The van der Waals surface area contributed by atoms with E-state index in [1.165, 1.54) is 12.3 Å². The molecule has 0 unspecified atom stereocenters. The molecular formula is C28H20N6O4S. The summed E-state index contributed by atoms with van der Waals surface area (Å²) in [5.74, 6) is 5.20. The molecule has 4 aromatic carbocycles. The molecule has 0 radical (unpaired) electrons. The lowest BCUT2D eigenvalue weighted by atomic mass is 10.0. The maximum atomic E-state index is 12.6. The monoisotopic (exact) mass is 536 g/mol. The molecule has 0 bridgehead atoms. The number of benzene rings is 4. The second kappa shape index (κ2) is 10.7. The lowest BCUT2D eigenvalue weighted by Gasteiger charge is -2.08. The summed E-state index contributed by atoms with van der Waals surface area (Å²) in [6, 6.07) is 27.2. The highest BCUT2D eigenvalue weighted by Crippen LogP contribution is 2.40. The van der Waals surface area contributed by atoms with Crippen LogP contribution in [0, 0.1) is 0 Å². The Morgan fingerprint density at radius 3 is 2.08 bits per heavy atom. The summed E-state index contributed by atoms with van der Waals surface area (Å²) in [6.07, 6.45) is 1.50. The van der Waals surface area contributed by atoms with E-state index in [1.54, 1.807) is 54.6 Å². The van der Waals surface area contributed by atoms with Crippen molar-refractivity contribution >= 4 is 43.7 Å². The first-order valence-corrected chi connectivity index (χ1v) is 13.0. The first kappa shape index (κ1) is 25.5. The van der Waals surface area contributed by atoms with Crippen molar-refractivity contribution in [2.75, 3.05) is 0 Å². The molecule has 5 rings (SSSR count). The zero-order valence-corrected chi connectivity index (χ0v) is 21.0. The second-order valence-corrected chi connectivity index (χ2v) is 9.74. The minimum atomic E-state index is -4.57. The van der Waals surface area contributed by atoms with Crippen LogP contribution in [-0.2, 0) is 10.1 Å². The highest BCUT2D eigenvalue weighted by Gasteiger charge is 2.20. The van der Waals surface area contributed by atoms with Crippen molar-refractivity contribution in [1.29, 1.82) is 0 Å². The first-order chi connectivity index (χ1) is 18.8. The Kier molecular flexibility index (Phi) is 7.00. The summed E-state index contributed by atoms with van der Waals surface area (Å²) in [7, 11) is -4.57. The number of nitrogens with zero attached hydrogens (tertiary/aromatic N) is 5. The average molecular weight is 537 g/mol. The lowest BCUT2D eigenvalue weighted by Crippen LogP contribution is -2.00. The number of hydrogen-bond acceptors (Lipinski definition) is 8. The third-order valence-corrected chi connectivity index (χ3v) is 6.79. The van der Waals surface area contributed by atoms with Crippen LogP contribution in [0.15, 0.2) is 129 Å². The van der Waals surface area contributed by atoms with E-state index >= 15 is 0 Å². The molecule has 0 aliphatic rings. The Morgan fingerprint density at radius 1 is 0.769 bits per heavy atom. The number of hydrogen-bond donors (Lipinski definition) is 2. The zero-order chi connectivity index (χ0) is 27.4. The molecule has 3 N–H and O–H groups in total. The zero-order valence-electron chi connectivity index (χ0n) is 20.2. The molecule has 0 saturated carbocycles. The van der Waals surface area contributed by atoms with E-state index in [-0.39, 0.29) is 27.4 Å². The van der Waals surface area contributed by atoms with E-state index in [0.717, 1.165) is 11.6 Å². The summed E-state index contributed by atoms with van der Waals surface area (Å²) < 4.78 is 33.8. The van der Waals surface area contributed by atoms with Gasteiger partial charge in [-0.25, -0.2) is 0 Å². The van der Waals surface area contributed by atoms with E-state index in [9.17, 15) is 17.8 Å². The molecule has 0 spiro atoms. The van der Waals surface area contributed by atoms with Crippen LogP contribution in [0.5, 0.6) is 0 Å². The molecule has 192 valence electrons. The fraction of sp³-hybridized carbons (Fsp3) is 0. The van der Waals surface area contributed by atoms with Crippen LogP contribution in [0.2, 0.25) is 0 Å². The van der Waals surface area contributed by atoms with Gasteiger partial charge in [0.2, 0.25) is 0 Å². The summed E-state index contributed by atoms with van der Waals surface area (Å²) in [4.78, 5) is 16.7. The predicted octanol–water partition coefficient (Wildman–Crippen LogP) is 6.75. The van der Waals surface area contributed by atoms with Crippen molar-refractivity contribution in [3.8, 4) is 11.3 Å². The quantitative estimate of drug-likeness (QED) is 0.0769. The molecular weight excluding hydrogens is 516 g/mol. The van der Waals surface area contributed by atoms with Gasteiger partial charge in [-0.2, -0.15) is 8.42 Å². The van der Waals surface area contributed by atoms with Gasteiger partial charge in [-0.1, -0.05) is 84.1 Å². The van der Waals surface area contributed by atoms with E-state index in [2.05, 4.69) is 25.5 Å². The van der Waals surface area contributed by atoms with Crippen molar-refractivity contribution in [1.82, 2.24) is 4.98 Å². The average Bonchev–Trinajstić information content (AvgIpc) is 2.96. The molecule has 0 amide bonds. The maximum absolute atomic E-state index is 12.6. The van der Waals surface area contributed by atoms with Crippen LogP contribution in [0.1, 0.15) is 15.9 Å². The highest BCUT2D eigenvalue weighted by molar-refractivity contribution is 7.86. The van der Waals surface area contributed by atoms with Crippen molar-refractivity contribution in [2.45, 2.75) is 4.90 Å². The molecule has 1 aromatic heterocycles. The SMILES string of the molecule is NN=Nc1c(/N=N/c2ccc(-c3ccc(C(=O)c4ccccc4)cc3)nc2)cc(S(=O)(=O)O)c2ccccc12. The number of aromatic nitrogens is 1. The first-order valence-electron chi connectivity index (χ1n) is 11.6. The Morgan fingerprint density at radius 2 is 1.44 bits per heavy atom. The summed E-state index contributed by atoms with van der Waals surface area (Å²) in [5.41, 5.74) is 3.26. The smallest absolute Gasteiger partial charge is 0.295 e. The predicted molar refractivity (Wildman–Crippen MR) is 146 cm³/mol. The van der Waals surface area contributed by atoms with Gasteiger partial charge in [-0.3, -0.25) is 14.3 Å². The van der Waals surface area contributed by atoms with Gasteiger partial charge in [0.05, 0.1) is 11.9 Å². The second-order valence-electron chi connectivity index (χ2n) is 8.35. The van der Waals surface area contributed by atoms with Crippen LogP contribution in [0.4, 0.5) is 17.1 Å². The fourth-order valence-corrected chi connectivity index (χ4v) is 4.76. The van der Waals surface area contributed by atoms with Gasteiger partial charge < -0.3 is 5.84 Å². The molecule has 0 aliphatic heterocycles. The Bertz CT molecular complexity index is 1840. The minimum Gasteiger partial charge on any atom is -0.305 e. The number of ketones is 1. The van der Waals surface area contributed by atoms with Crippen molar-refractivity contribution < 1.29 is 17.8 Å². The molecule has 0 atom stereocenters. The Labute approximate surface area is 223 Å². The van der Waals surface area contributed by atoms with Crippen molar-refractivity contribution in [3.05, 3.63) is 114 Å². The van der Waals surface area contributed by atoms with Gasteiger partial charge in [-0.05, 0) is 18.2 Å². The van der Waals surface area contributed by atoms with E-state index < -0.39 is 10.1 Å². The Balaban J connectivity index is 1.43. The van der Waals surface area contributed by atoms with E-state index in [1.807, 2.05) is 30.3 Å². The number of pyridine rings is 1. The minimum absolute atomic E-state index is 0.0401. The number of azo groups is 1. The van der Waals surface area contributed by atoms with E-state index in [4.69, 9.17) is 5.84 Å². The van der Waals surface area contributed by atoms with Crippen molar-refractivity contribution in [2.24, 2.45) is 26.4 Å². The molecule has 1 heterocycles. The topological polar surface area (TPSA) is 160 Å². The van der Waals surface area contributed by atoms with Gasteiger partial charge in [0.1, 0.15) is 22.0 Å². The highest BCUT2D eigenvalue weighted by atomic mass is 32.2. The van der Waals surface area contributed by atoms with Crippen LogP contribution < -0.4 is 5.84 Å². The number of carbonyl (C=O) groups excluding carboxylic acids is 1. The number of rotatable bonds is 7. The molecule has 0 saturated heterocycles. The standard InChI is InChI=1S/C28H20N6O4S/c29-34-33-27-23-9-5-4-8-22(23)26(39(36,37)38)16-25(27)32-31-21-14-15-24(30-17-21)18-10-12-20(13-11-18)28(35)19-6-2-1-3-7-19/h1-17H,(H2,29,33)(H,36,37,38)/b32-31+. The van der Waals surface area contributed by atoms with Gasteiger partial charge in [-0.15, -0.1) is 15.3 Å². The van der Waals surface area contributed by atoms with Gasteiger partial charge in [0, 0.05) is 27.5 Å². The molecule has 39 heavy (non-hydrogen) atoms. The third-order valence-electron chi connectivity index (χ3n) is 5.89. The molecule has 0 fully saturated rings. The van der Waals surface area contributed by atoms with Crippen LogP contribution in [0.3, 0.4) is 0 Å². The molecule has 10 nitrogen and oxygen atoms in total. The molecule has 11 heteroatoms. The van der Waals surface area contributed by atoms with Gasteiger partial charge in [0.25, 0.3) is 10.1 Å². The number of nitrogens with two attached hydrogens (primary N) is 1. The normalized spacial score (nSPS) is 11.9. The third kappa shape index (κ3) is 5.44. The molecule has 5 aromatic rings. The summed E-state index contributed by atoms with van der Waals surface area (Å²) in [5, 5.41) is 16.1. The van der Waals surface area contributed by atoms with Crippen LogP contribution in [-0.4, -0.2) is 23.7 Å². The lowest BCUT2D eigenvalue weighted by molar-refractivity contribution is 0.103. The van der Waals surface area contributed by atoms with Gasteiger partial charge in [0.15, 0.2) is 5.78 Å². The summed E-state index contributed by atoms with van der Waals surface area (Å²) >= 11 is 0. The Hall–Kier alpha value is -5.13. The van der Waals surface area contributed by atoms with Crippen LogP contribution in [0.25, 0.3) is 22.0 Å². The van der Waals surface area contributed by atoms with Crippen LogP contribution >= 0.6 is 0 Å². The molecule has 0 aliphatic carbocycles. The van der Waals surface area contributed by atoms with E-state index in [0.29, 0.717) is 27.9 Å². The number of carbonyl (C=O) groups is 1. The fourth-order valence-electron chi connectivity index (χ4n) is 4.04. The van der Waals surface area contributed by atoms with Gasteiger partial charge >= 0.3 is 0 Å². The van der Waals surface area contributed by atoms with Crippen molar-refractivity contribution in [3.63, 3.8) is 0 Å². The number of fused-ring (bicyclic) bond motifs is 1. The largest absolute Gasteiger partial charge is 0.305 e. The maximum Gasteiger partial charge on any atom is 0.295 e. The summed E-state index contributed by atoms with van der Waals surface area (Å²) in [6.45, 7) is 0.